The predicted molar refractivity (Wildman–Crippen MR) is 118 cm³/mol. The highest BCUT2D eigenvalue weighted by Crippen LogP contribution is 2.30. The van der Waals surface area contributed by atoms with Crippen molar-refractivity contribution in [1.82, 2.24) is 9.21 Å². The molecule has 1 N–H and O–H groups in total. The van der Waals surface area contributed by atoms with E-state index >= 15 is 0 Å². The van der Waals surface area contributed by atoms with E-state index in [4.69, 9.17) is 0 Å². The second-order valence-corrected chi connectivity index (χ2v) is 9.85. The molecule has 2 aromatic carbocycles. The van der Waals surface area contributed by atoms with Crippen molar-refractivity contribution < 1.29 is 22.4 Å². The van der Waals surface area contributed by atoms with Gasteiger partial charge in [0, 0.05) is 26.2 Å². The number of benzene rings is 2. The highest BCUT2D eigenvalue weighted by atomic mass is 32.2. The smallest absolute Gasteiger partial charge is 0.244 e. The van der Waals surface area contributed by atoms with Crippen molar-refractivity contribution in [2.45, 2.75) is 24.3 Å². The molecule has 1 atom stereocenters. The fourth-order valence-electron chi connectivity index (χ4n) is 4.11. The quantitative estimate of drug-likeness (QED) is 0.753. The van der Waals surface area contributed by atoms with Gasteiger partial charge in [-0.2, -0.15) is 4.31 Å². The van der Waals surface area contributed by atoms with Gasteiger partial charge in [0.05, 0.1) is 22.3 Å². The first-order valence-corrected chi connectivity index (χ1v) is 11.9. The van der Waals surface area contributed by atoms with Crippen LogP contribution in [0.15, 0.2) is 53.4 Å². The van der Waals surface area contributed by atoms with E-state index < -0.39 is 21.9 Å². The number of carbonyl (C=O) groups is 2. The fraction of sp³-hybridized carbons (Fsp3) is 0.364. The summed E-state index contributed by atoms with van der Waals surface area (Å²) in [5.74, 6) is -0.954. The third kappa shape index (κ3) is 4.38. The van der Waals surface area contributed by atoms with Crippen LogP contribution in [0.1, 0.15) is 13.3 Å². The van der Waals surface area contributed by atoms with Gasteiger partial charge < -0.3 is 5.32 Å². The first kappa shape index (κ1) is 22.4. The first-order chi connectivity index (χ1) is 15.3. The molecular formula is C22H25FN4O4S. The lowest BCUT2D eigenvalue weighted by molar-refractivity contribution is -0.125. The Morgan fingerprint density at radius 2 is 1.75 bits per heavy atom. The lowest BCUT2D eigenvalue weighted by atomic mass is 10.1. The van der Waals surface area contributed by atoms with Crippen molar-refractivity contribution in [1.29, 1.82) is 0 Å². The molecule has 2 aliphatic heterocycles. The van der Waals surface area contributed by atoms with E-state index in [0.29, 0.717) is 37.4 Å². The van der Waals surface area contributed by atoms with Gasteiger partial charge >= 0.3 is 0 Å². The maximum atomic E-state index is 13.3. The monoisotopic (exact) mass is 460 g/mol. The molecule has 0 bridgehead atoms. The lowest BCUT2D eigenvalue weighted by Gasteiger charge is -2.34. The number of carbonyl (C=O) groups excluding carboxylic acids is 2. The van der Waals surface area contributed by atoms with Crippen molar-refractivity contribution >= 4 is 33.2 Å². The number of fused-ring (bicyclic) bond motifs is 1. The molecule has 2 aliphatic rings. The van der Waals surface area contributed by atoms with Crippen LogP contribution in [0.25, 0.3) is 0 Å². The topological polar surface area (TPSA) is 90.0 Å². The lowest BCUT2D eigenvalue weighted by Crippen LogP contribution is -2.52. The Bertz CT molecular complexity index is 1120. The summed E-state index contributed by atoms with van der Waals surface area (Å²) in [4.78, 5) is 28.8. The van der Waals surface area contributed by atoms with Crippen molar-refractivity contribution in [2.24, 2.45) is 0 Å². The number of rotatable bonds is 4. The molecule has 0 aliphatic carbocycles. The van der Waals surface area contributed by atoms with E-state index in [9.17, 15) is 22.4 Å². The minimum Gasteiger partial charge on any atom is -0.323 e. The average molecular weight is 461 g/mol. The van der Waals surface area contributed by atoms with Crippen molar-refractivity contribution in [3.63, 3.8) is 0 Å². The van der Waals surface area contributed by atoms with E-state index in [1.54, 1.807) is 25.1 Å². The normalized spacial score (nSPS) is 19.1. The molecule has 2 aromatic rings. The minimum absolute atomic E-state index is 0.0485. The Kier molecular flexibility index (Phi) is 6.27. The van der Waals surface area contributed by atoms with E-state index in [0.717, 1.165) is 12.1 Å². The van der Waals surface area contributed by atoms with Crippen LogP contribution in [0.4, 0.5) is 15.8 Å². The SMILES string of the molecule is C[C@@H](C(=O)N1CC(=O)Nc2ccccc21)N1CCCN(S(=O)(=O)c2ccc(F)cc2)CC1. The zero-order valence-corrected chi connectivity index (χ0v) is 18.5. The maximum Gasteiger partial charge on any atom is 0.244 e. The van der Waals surface area contributed by atoms with Crippen molar-refractivity contribution in [2.75, 3.05) is 42.9 Å². The summed E-state index contributed by atoms with van der Waals surface area (Å²) in [6.45, 7) is 3.17. The molecule has 2 amide bonds. The van der Waals surface area contributed by atoms with Crippen molar-refractivity contribution in [3.05, 3.63) is 54.3 Å². The van der Waals surface area contributed by atoms with Crippen LogP contribution >= 0.6 is 0 Å². The van der Waals surface area contributed by atoms with Crippen molar-refractivity contribution in [3.8, 4) is 0 Å². The Morgan fingerprint density at radius 1 is 1.03 bits per heavy atom. The van der Waals surface area contributed by atoms with Crippen LogP contribution in [0.2, 0.25) is 0 Å². The fourth-order valence-corrected chi connectivity index (χ4v) is 5.58. The predicted octanol–water partition coefficient (Wildman–Crippen LogP) is 1.90. The maximum absolute atomic E-state index is 13.3. The third-order valence-electron chi connectivity index (χ3n) is 5.88. The second kappa shape index (κ2) is 8.97. The first-order valence-electron chi connectivity index (χ1n) is 10.5. The van der Waals surface area contributed by atoms with Crippen LogP contribution < -0.4 is 10.2 Å². The number of hydrogen-bond acceptors (Lipinski definition) is 5. The number of halogens is 1. The van der Waals surface area contributed by atoms with Crippen LogP contribution in [-0.2, 0) is 19.6 Å². The summed E-state index contributed by atoms with van der Waals surface area (Å²) in [5.41, 5.74) is 1.25. The zero-order chi connectivity index (χ0) is 22.9. The molecule has 8 nitrogen and oxygen atoms in total. The van der Waals surface area contributed by atoms with Gasteiger partial charge in [-0.05, 0) is 49.7 Å². The molecule has 170 valence electrons. The number of sulfonamides is 1. The number of para-hydroxylation sites is 2. The standard InChI is InChI=1S/C22H25FN4O4S/c1-16(22(29)27-15-21(28)24-19-5-2-3-6-20(19)27)25-11-4-12-26(14-13-25)32(30,31)18-9-7-17(23)8-10-18/h2-3,5-10,16H,4,11-15H2,1H3,(H,24,28)/t16-/m0/s1. The summed E-state index contributed by atoms with van der Waals surface area (Å²) in [7, 11) is -3.75. The molecular weight excluding hydrogens is 435 g/mol. The molecule has 0 saturated carbocycles. The van der Waals surface area contributed by atoms with Crippen LogP contribution in [-0.4, -0.2) is 68.2 Å². The van der Waals surface area contributed by atoms with E-state index in [-0.39, 0.29) is 29.8 Å². The van der Waals surface area contributed by atoms with E-state index in [1.807, 2.05) is 11.0 Å². The molecule has 0 aromatic heterocycles. The average Bonchev–Trinajstić information content (AvgIpc) is 3.05. The van der Waals surface area contributed by atoms with Crippen LogP contribution in [0.5, 0.6) is 0 Å². The van der Waals surface area contributed by atoms with Gasteiger partial charge in [0.2, 0.25) is 21.8 Å². The summed E-state index contributed by atoms with van der Waals surface area (Å²) in [6.07, 6.45) is 0.551. The summed E-state index contributed by atoms with van der Waals surface area (Å²) in [6, 6.07) is 11.4. The molecule has 2 heterocycles. The van der Waals surface area contributed by atoms with Gasteiger partial charge in [0.1, 0.15) is 12.4 Å². The highest BCUT2D eigenvalue weighted by Gasteiger charge is 2.34. The summed E-state index contributed by atoms with van der Waals surface area (Å²) >= 11 is 0. The Hall–Kier alpha value is -2.82. The van der Waals surface area contributed by atoms with Gasteiger partial charge in [0.15, 0.2) is 0 Å². The molecule has 0 radical (unpaired) electrons. The molecule has 4 rings (SSSR count). The number of anilines is 2. The Balaban J connectivity index is 1.47. The van der Waals surface area contributed by atoms with Gasteiger partial charge in [-0.15, -0.1) is 0 Å². The van der Waals surface area contributed by atoms with E-state index in [1.165, 1.54) is 21.3 Å². The zero-order valence-electron chi connectivity index (χ0n) is 17.7. The van der Waals surface area contributed by atoms with Crippen LogP contribution in [0.3, 0.4) is 0 Å². The van der Waals surface area contributed by atoms with Gasteiger partial charge in [-0.3, -0.25) is 19.4 Å². The Labute approximate surface area is 186 Å². The number of amides is 2. The highest BCUT2D eigenvalue weighted by molar-refractivity contribution is 7.89. The molecule has 10 heteroatoms. The molecule has 1 saturated heterocycles. The molecule has 32 heavy (non-hydrogen) atoms. The second-order valence-electron chi connectivity index (χ2n) is 7.91. The van der Waals surface area contributed by atoms with E-state index in [2.05, 4.69) is 5.32 Å². The largest absolute Gasteiger partial charge is 0.323 e. The Morgan fingerprint density at radius 3 is 2.50 bits per heavy atom. The van der Waals surface area contributed by atoms with Gasteiger partial charge in [0.25, 0.3) is 0 Å². The van der Waals surface area contributed by atoms with Crippen LogP contribution in [0, 0.1) is 5.82 Å². The summed E-state index contributed by atoms with van der Waals surface area (Å²) < 4.78 is 40.5. The number of nitrogens with one attached hydrogen (secondary N) is 1. The number of hydrogen-bond donors (Lipinski definition) is 1. The molecule has 1 fully saturated rings. The summed E-state index contributed by atoms with van der Waals surface area (Å²) in [5, 5.41) is 2.77. The molecule has 0 spiro atoms. The molecule has 0 unspecified atom stereocenters. The third-order valence-corrected chi connectivity index (χ3v) is 7.80. The number of nitrogens with zero attached hydrogens (tertiary/aromatic N) is 3. The minimum atomic E-state index is -3.75. The van der Waals surface area contributed by atoms with Gasteiger partial charge in [-0.25, -0.2) is 12.8 Å². The van der Waals surface area contributed by atoms with Gasteiger partial charge in [-0.1, -0.05) is 12.1 Å².